The molecule has 10 heavy (non-hydrogen) atoms. The zero-order valence-corrected chi connectivity index (χ0v) is 9.72. The van der Waals surface area contributed by atoms with Gasteiger partial charge in [-0.15, -0.1) is 0 Å². The van der Waals surface area contributed by atoms with Gasteiger partial charge in [0.1, 0.15) is 0 Å². The van der Waals surface area contributed by atoms with E-state index in [1.54, 1.807) is 0 Å². The fourth-order valence-corrected chi connectivity index (χ4v) is 3.38. The van der Waals surface area contributed by atoms with Gasteiger partial charge in [-0.2, -0.15) is 0 Å². The van der Waals surface area contributed by atoms with E-state index < -0.39 is 8.07 Å². The van der Waals surface area contributed by atoms with E-state index in [9.17, 15) is 0 Å². The molecule has 0 bridgehead atoms. The number of hydrogen-bond donors (Lipinski definition) is 0. The summed E-state index contributed by atoms with van der Waals surface area (Å²) in [5.41, 5.74) is 0.236. The van der Waals surface area contributed by atoms with Crippen LogP contribution in [0.4, 0.5) is 0 Å². The Balaban J connectivity index is 4.40. The van der Waals surface area contributed by atoms with Gasteiger partial charge >= 0.3 is 0 Å². The molecular weight excluding hydrogens is 156 g/mol. The third kappa shape index (κ3) is 2.93. The molecule has 0 saturated heterocycles. The quantitative estimate of drug-likeness (QED) is 0.434. The maximum Gasteiger partial charge on any atom is 0.0869 e. The van der Waals surface area contributed by atoms with Gasteiger partial charge in [-0.1, -0.05) is 52.6 Å². The molecule has 0 spiro atoms. The smallest absolute Gasteiger partial charge is 0.0869 e. The second-order valence-electron chi connectivity index (χ2n) is 4.83. The highest BCUT2D eigenvalue weighted by atomic mass is 32.1. The lowest BCUT2D eigenvalue weighted by Crippen LogP contribution is -2.40. The largest absolute Gasteiger partial charge is 0.0941 e. The molecule has 0 aliphatic heterocycles. The van der Waals surface area contributed by atoms with Gasteiger partial charge in [0.25, 0.3) is 0 Å². The Morgan fingerprint density at radius 2 is 1.40 bits per heavy atom. The van der Waals surface area contributed by atoms with Crippen molar-refractivity contribution in [3.63, 3.8) is 0 Å². The molecule has 0 saturated carbocycles. The first kappa shape index (κ1) is 10.3. The molecular formula is C8H18SSi. The first-order chi connectivity index (χ1) is 4.15. The standard InChI is InChI=1S/C8H18SSi/c1-8(2,3)7(9)10(4,5)6/h1-6H3. The third-order valence-corrected chi connectivity index (χ3v) is 5.92. The van der Waals surface area contributed by atoms with Gasteiger partial charge in [0, 0.05) is 0 Å². The molecule has 0 rings (SSSR count). The molecule has 0 aromatic heterocycles. The van der Waals surface area contributed by atoms with Crippen molar-refractivity contribution in [2.45, 2.75) is 40.4 Å². The van der Waals surface area contributed by atoms with Crippen LogP contribution in [0.1, 0.15) is 20.8 Å². The van der Waals surface area contributed by atoms with E-state index in [1.807, 2.05) is 0 Å². The first-order valence-corrected chi connectivity index (χ1v) is 7.61. The topological polar surface area (TPSA) is 0 Å². The minimum Gasteiger partial charge on any atom is -0.0941 e. The fraction of sp³-hybridized carbons (Fsp3) is 0.875. The Bertz CT molecular complexity index is 120. The lowest BCUT2D eigenvalue weighted by Gasteiger charge is -2.29. The summed E-state index contributed by atoms with van der Waals surface area (Å²) in [4.78, 5) is 0. The van der Waals surface area contributed by atoms with Gasteiger partial charge < -0.3 is 0 Å². The van der Waals surface area contributed by atoms with E-state index >= 15 is 0 Å². The van der Waals surface area contributed by atoms with Crippen LogP contribution in [0.3, 0.4) is 0 Å². The Hall–Kier alpha value is 0.307. The lowest BCUT2D eigenvalue weighted by molar-refractivity contribution is 0.607. The summed E-state index contributed by atoms with van der Waals surface area (Å²) >= 11 is 5.39. The predicted molar refractivity (Wildman–Crippen MR) is 55.4 cm³/mol. The van der Waals surface area contributed by atoms with E-state index in [2.05, 4.69) is 40.4 Å². The molecule has 0 aromatic carbocycles. The molecule has 0 N–H and O–H groups in total. The normalized spacial score (nSPS) is 13.4. The number of hydrogen-bond acceptors (Lipinski definition) is 1. The first-order valence-electron chi connectivity index (χ1n) is 3.70. The Morgan fingerprint density at radius 1 is 1.10 bits per heavy atom. The Morgan fingerprint density at radius 3 is 1.40 bits per heavy atom. The summed E-state index contributed by atoms with van der Waals surface area (Å²) in [6, 6.07) is 0. The minimum atomic E-state index is -1.16. The molecule has 0 unspecified atom stereocenters. The van der Waals surface area contributed by atoms with Crippen LogP contribution in [0.2, 0.25) is 19.6 Å². The average molecular weight is 174 g/mol. The van der Waals surface area contributed by atoms with E-state index in [1.165, 1.54) is 4.49 Å². The van der Waals surface area contributed by atoms with E-state index in [0.29, 0.717) is 0 Å². The molecule has 0 nitrogen and oxygen atoms in total. The van der Waals surface area contributed by atoms with Crippen molar-refractivity contribution in [3.8, 4) is 0 Å². The zero-order chi connectivity index (χ0) is 8.58. The highest BCUT2D eigenvalue weighted by Crippen LogP contribution is 2.23. The second-order valence-corrected chi connectivity index (χ2v) is 10.6. The summed E-state index contributed by atoms with van der Waals surface area (Å²) in [7, 11) is -1.16. The number of thiocarbonyl (C=S) groups is 1. The van der Waals surface area contributed by atoms with E-state index in [0.717, 1.165) is 0 Å². The molecule has 0 aliphatic carbocycles. The Labute approximate surface area is 71.0 Å². The SMILES string of the molecule is CC(C)(C)C(=S)[Si](C)(C)C. The van der Waals surface area contributed by atoms with Crippen molar-refractivity contribution in [3.05, 3.63) is 0 Å². The molecule has 60 valence electrons. The average Bonchev–Trinajstić information content (AvgIpc) is 1.59. The van der Waals surface area contributed by atoms with E-state index in [4.69, 9.17) is 12.2 Å². The molecule has 0 amide bonds. The summed E-state index contributed by atoms with van der Waals surface area (Å²) in [5.74, 6) is 0. The van der Waals surface area contributed by atoms with E-state index in [-0.39, 0.29) is 5.41 Å². The monoisotopic (exact) mass is 174 g/mol. The van der Waals surface area contributed by atoms with Crippen LogP contribution >= 0.6 is 12.2 Å². The molecule has 0 atom stereocenters. The highest BCUT2D eigenvalue weighted by Gasteiger charge is 2.29. The molecule has 0 heterocycles. The van der Waals surface area contributed by atoms with Crippen molar-refractivity contribution in [2.24, 2.45) is 5.41 Å². The van der Waals surface area contributed by atoms with Crippen LogP contribution in [0.15, 0.2) is 0 Å². The van der Waals surface area contributed by atoms with Crippen LogP contribution in [-0.2, 0) is 0 Å². The van der Waals surface area contributed by atoms with Crippen LogP contribution in [0.5, 0.6) is 0 Å². The van der Waals surface area contributed by atoms with Crippen LogP contribution < -0.4 is 0 Å². The van der Waals surface area contributed by atoms with Gasteiger partial charge in [-0.25, -0.2) is 0 Å². The van der Waals surface area contributed by atoms with Gasteiger partial charge in [0.15, 0.2) is 0 Å². The molecule has 0 aromatic rings. The van der Waals surface area contributed by atoms with Crippen molar-refractivity contribution in [1.29, 1.82) is 0 Å². The zero-order valence-electron chi connectivity index (χ0n) is 7.91. The van der Waals surface area contributed by atoms with Gasteiger partial charge in [0.2, 0.25) is 0 Å². The molecule has 2 heteroatoms. The second kappa shape index (κ2) is 2.74. The summed E-state index contributed by atoms with van der Waals surface area (Å²) in [6.45, 7) is 13.5. The van der Waals surface area contributed by atoms with Crippen LogP contribution in [-0.4, -0.2) is 12.6 Å². The lowest BCUT2D eigenvalue weighted by atomic mass is 10.0. The third-order valence-electron chi connectivity index (χ3n) is 1.36. The van der Waals surface area contributed by atoms with Crippen LogP contribution in [0, 0.1) is 5.41 Å². The van der Waals surface area contributed by atoms with Crippen LogP contribution in [0.25, 0.3) is 0 Å². The van der Waals surface area contributed by atoms with Gasteiger partial charge in [-0.05, 0) is 9.90 Å². The van der Waals surface area contributed by atoms with Crippen molar-refractivity contribution in [2.75, 3.05) is 0 Å². The molecule has 0 fully saturated rings. The predicted octanol–water partition coefficient (Wildman–Crippen LogP) is 3.28. The molecule has 0 aliphatic rings. The van der Waals surface area contributed by atoms with Crippen molar-refractivity contribution < 1.29 is 0 Å². The number of rotatable bonds is 1. The maximum absolute atomic E-state index is 5.39. The Kier molecular flexibility index (Phi) is 2.83. The summed E-state index contributed by atoms with van der Waals surface area (Å²) in [6.07, 6.45) is 0. The molecule has 0 radical (unpaired) electrons. The fourth-order valence-electron chi connectivity index (χ4n) is 1.12. The van der Waals surface area contributed by atoms with Crippen molar-refractivity contribution in [1.82, 2.24) is 0 Å². The maximum atomic E-state index is 5.39. The highest BCUT2D eigenvalue weighted by molar-refractivity contribution is 7.85. The van der Waals surface area contributed by atoms with Gasteiger partial charge in [0.05, 0.1) is 8.07 Å². The van der Waals surface area contributed by atoms with Gasteiger partial charge in [-0.3, -0.25) is 0 Å². The summed E-state index contributed by atoms with van der Waals surface area (Å²) in [5, 5.41) is 0. The minimum absolute atomic E-state index is 0.236. The summed E-state index contributed by atoms with van der Waals surface area (Å²) < 4.78 is 1.29. The van der Waals surface area contributed by atoms with Crippen molar-refractivity contribution >= 4 is 24.8 Å².